The van der Waals surface area contributed by atoms with Crippen LogP contribution >= 0.6 is 0 Å². The summed E-state index contributed by atoms with van der Waals surface area (Å²) in [6.45, 7) is 1.33. The van der Waals surface area contributed by atoms with Crippen molar-refractivity contribution in [1.29, 1.82) is 0 Å². The van der Waals surface area contributed by atoms with Gasteiger partial charge < -0.3 is 15.2 Å². The molecule has 0 aromatic heterocycles. The summed E-state index contributed by atoms with van der Waals surface area (Å²) in [6, 6.07) is 18.0. The smallest absolute Gasteiger partial charge is 0.118 e. The van der Waals surface area contributed by atoms with E-state index < -0.39 is 0 Å². The number of aliphatic hydroxyl groups excluding tert-OH is 1. The molecular weight excluding hydrogens is 250 g/mol. The molecule has 0 spiro atoms. The maximum Gasteiger partial charge on any atom is 0.118 e. The Balaban J connectivity index is 1.72. The molecule has 2 aromatic carbocycles. The Hall–Kier alpha value is -1.84. The number of hydrogen-bond acceptors (Lipinski definition) is 3. The number of nitrogens with one attached hydrogen (secondary N) is 1. The largest absolute Gasteiger partial charge is 0.497 e. The minimum Gasteiger partial charge on any atom is -0.497 e. The van der Waals surface area contributed by atoms with Gasteiger partial charge >= 0.3 is 0 Å². The summed E-state index contributed by atoms with van der Waals surface area (Å²) < 4.78 is 5.12. The van der Waals surface area contributed by atoms with Gasteiger partial charge in [0.2, 0.25) is 0 Å². The Morgan fingerprint density at radius 1 is 1.00 bits per heavy atom. The highest BCUT2D eigenvalue weighted by atomic mass is 16.5. The fraction of sp³-hybridized carbons (Fsp3) is 0.294. The van der Waals surface area contributed by atoms with Gasteiger partial charge in [0, 0.05) is 13.1 Å². The van der Waals surface area contributed by atoms with E-state index in [-0.39, 0.29) is 6.10 Å². The number of aliphatic hydroxyl groups is 1. The van der Waals surface area contributed by atoms with Crippen molar-refractivity contribution in [2.75, 3.05) is 13.7 Å². The molecule has 1 atom stereocenters. The lowest BCUT2D eigenvalue weighted by Crippen LogP contribution is -2.28. The molecule has 3 nitrogen and oxygen atoms in total. The van der Waals surface area contributed by atoms with Crippen LogP contribution in [0.1, 0.15) is 11.1 Å². The van der Waals surface area contributed by atoms with E-state index in [1.54, 1.807) is 7.11 Å². The first-order chi connectivity index (χ1) is 9.78. The van der Waals surface area contributed by atoms with E-state index in [4.69, 9.17) is 4.74 Å². The van der Waals surface area contributed by atoms with Crippen LogP contribution in [0.2, 0.25) is 0 Å². The summed E-state index contributed by atoms with van der Waals surface area (Å²) >= 11 is 0. The minimum absolute atomic E-state index is 0.365. The van der Waals surface area contributed by atoms with E-state index in [1.165, 1.54) is 5.56 Å². The minimum atomic E-state index is -0.365. The number of hydrogen-bond donors (Lipinski definition) is 2. The van der Waals surface area contributed by atoms with Crippen molar-refractivity contribution in [3.63, 3.8) is 0 Å². The summed E-state index contributed by atoms with van der Waals surface area (Å²) in [4.78, 5) is 0. The van der Waals surface area contributed by atoms with Gasteiger partial charge in [0.25, 0.3) is 0 Å². The summed E-state index contributed by atoms with van der Waals surface area (Å²) in [5.41, 5.74) is 2.34. The van der Waals surface area contributed by atoms with E-state index in [2.05, 4.69) is 5.32 Å². The van der Waals surface area contributed by atoms with Crippen LogP contribution in [0.4, 0.5) is 0 Å². The average Bonchev–Trinajstić information content (AvgIpc) is 2.49. The molecule has 2 aromatic rings. The molecule has 0 fully saturated rings. The van der Waals surface area contributed by atoms with Crippen LogP contribution in [0.3, 0.4) is 0 Å². The number of benzene rings is 2. The standard InChI is InChI=1S/C17H21NO2/c1-20-17-9-7-15(8-10-17)12-18-13-16(19)11-14-5-3-2-4-6-14/h2-10,16,18-19H,11-13H2,1H3. The molecule has 0 amide bonds. The highest BCUT2D eigenvalue weighted by molar-refractivity contribution is 5.27. The molecule has 2 rings (SSSR count). The zero-order chi connectivity index (χ0) is 14.2. The number of methoxy groups -OCH3 is 1. The van der Waals surface area contributed by atoms with Crippen molar-refractivity contribution in [3.8, 4) is 5.75 Å². The average molecular weight is 271 g/mol. The molecule has 106 valence electrons. The van der Waals surface area contributed by atoms with Gasteiger partial charge in [-0.2, -0.15) is 0 Å². The molecule has 0 bridgehead atoms. The third kappa shape index (κ3) is 4.68. The van der Waals surface area contributed by atoms with Crippen LogP contribution in [0.5, 0.6) is 5.75 Å². The van der Waals surface area contributed by atoms with Gasteiger partial charge in [0.05, 0.1) is 13.2 Å². The second-order valence-electron chi connectivity index (χ2n) is 4.82. The summed E-state index contributed by atoms with van der Waals surface area (Å²) in [6.07, 6.45) is 0.312. The van der Waals surface area contributed by atoms with Gasteiger partial charge in [-0.1, -0.05) is 42.5 Å². The number of ether oxygens (including phenoxy) is 1. The summed E-state index contributed by atoms with van der Waals surface area (Å²) in [5, 5.41) is 13.2. The van der Waals surface area contributed by atoms with E-state index in [1.807, 2.05) is 54.6 Å². The van der Waals surface area contributed by atoms with Crippen molar-refractivity contribution >= 4 is 0 Å². The summed E-state index contributed by atoms with van der Waals surface area (Å²) in [5.74, 6) is 0.859. The van der Waals surface area contributed by atoms with Crippen molar-refractivity contribution in [2.24, 2.45) is 0 Å². The normalized spacial score (nSPS) is 12.1. The van der Waals surface area contributed by atoms with Gasteiger partial charge in [-0.15, -0.1) is 0 Å². The predicted octanol–water partition coefficient (Wildman–Crippen LogP) is 2.39. The zero-order valence-corrected chi connectivity index (χ0v) is 11.8. The highest BCUT2D eigenvalue weighted by Gasteiger charge is 2.04. The van der Waals surface area contributed by atoms with Crippen LogP contribution < -0.4 is 10.1 Å². The Morgan fingerprint density at radius 3 is 2.35 bits per heavy atom. The Bertz CT molecular complexity index is 496. The second-order valence-corrected chi connectivity index (χ2v) is 4.82. The van der Waals surface area contributed by atoms with Gasteiger partial charge in [0.15, 0.2) is 0 Å². The third-order valence-electron chi connectivity index (χ3n) is 3.18. The molecule has 1 unspecified atom stereocenters. The third-order valence-corrected chi connectivity index (χ3v) is 3.18. The molecule has 3 heteroatoms. The lowest BCUT2D eigenvalue weighted by atomic mass is 10.1. The molecule has 0 aliphatic rings. The Kier molecular flexibility index (Phi) is 5.59. The topological polar surface area (TPSA) is 41.5 Å². The van der Waals surface area contributed by atoms with Gasteiger partial charge in [0.1, 0.15) is 5.75 Å². The Labute approximate surface area is 120 Å². The first kappa shape index (κ1) is 14.6. The first-order valence-electron chi connectivity index (χ1n) is 6.83. The van der Waals surface area contributed by atoms with Gasteiger partial charge in [-0.3, -0.25) is 0 Å². The van der Waals surface area contributed by atoms with Gasteiger partial charge in [-0.05, 0) is 29.7 Å². The van der Waals surface area contributed by atoms with E-state index >= 15 is 0 Å². The van der Waals surface area contributed by atoms with Crippen LogP contribution in [0.15, 0.2) is 54.6 Å². The molecule has 0 heterocycles. The maximum atomic E-state index is 9.98. The molecular formula is C17H21NO2. The van der Waals surface area contributed by atoms with Crippen molar-refractivity contribution in [1.82, 2.24) is 5.32 Å². The monoisotopic (exact) mass is 271 g/mol. The van der Waals surface area contributed by atoms with E-state index in [9.17, 15) is 5.11 Å². The van der Waals surface area contributed by atoms with Crippen LogP contribution in [-0.4, -0.2) is 24.9 Å². The molecule has 0 radical (unpaired) electrons. The van der Waals surface area contributed by atoms with Crippen LogP contribution in [-0.2, 0) is 13.0 Å². The van der Waals surface area contributed by atoms with Crippen LogP contribution in [0, 0.1) is 0 Å². The second kappa shape index (κ2) is 7.68. The SMILES string of the molecule is COc1ccc(CNCC(O)Cc2ccccc2)cc1. The molecule has 0 saturated heterocycles. The van der Waals surface area contributed by atoms with Crippen LogP contribution in [0.25, 0.3) is 0 Å². The number of rotatable bonds is 7. The maximum absolute atomic E-state index is 9.98. The van der Waals surface area contributed by atoms with E-state index in [0.29, 0.717) is 13.0 Å². The fourth-order valence-corrected chi connectivity index (χ4v) is 2.08. The Morgan fingerprint density at radius 2 is 1.70 bits per heavy atom. The molecule has 2 N–H and O–H groups in total. The quantitative estimate of drug-likeness (QED) is 0.812. The lowest BCUT2D eigenvalue weighted by molar-refractivity contribution is 0.171. The predicted molar refractivity (Wildman–Crippen MR) is 80.9 cm³/mol. The molecule has 0 saturated carbocycles. The van der Waals surface area contributed by atoms with E-state index in [0.717, 1.165) is 17.9 Å². The fourth-order valence-electron chi connectivity index (χ4n) is 2.08. The van der Waals surface area contributed by atoms with Gasteiger partial charge in [-0.25, -0.2) is 0 Å². The molecule has 0 aliphatic carbocycles. The van der Waals surface area contributed by atoms with Crippen molar-refractivity contribution < 1.29 is 9.84 Å². The zero-order valence-electron chi connectivity index (χ0n) is 11.8. The molecule has 0 aliphatic heterocycles. The highest BCUT2D eigenvalue weighted by Crippen LogP contribution is 2.11. The summed E-state index contributed by atoms with van der Waals surface area (Å²) in [7, 11) is 1.66. The van der Waals surface area contributed by atoms with Crippen molar-refractivity contribution in [3.05, 3.63) is 65.7 Å². The van der Waals surface area contributed by atoms with Crippen molar-refractivity contribution in [2.45, 2.75) is 19.1 Å². The lowest BCUT2D eigenvalue weighted by Gasteiger charge is -2.12. The molecule has 20 heavy (non-hydrogen) atoms. The first-order valence-corrected chi connectivity index (χ1v) is 6.83.